The average Bonchev–Trinajstić information content (AvgIpc) is 2.67. The Morgan fingerprint density at radius 3 is 2.52 bits per heavy atom. The molecule has 3 aliphatic heterocycles. The molecule has 0 aromatic heterocycles. The molecular weight excluding hydrogens is 418 g/mol. The van der Waals surface area contributed by atoms with Crippen LogP contribution in [-0.2, 0) is 37.4 Å². The molecule has 1 aromatic carbocycles. The van der Waals surface area contributed by atoms with E-state index in [2.05, 4.69) is 28.0 Å². The summed E-state index contributed by atoms with van der Waals surface area (Å²) in [6.07, 6.45) is 12.2. The molecule has 133 valence electrons. The van der Waals surface area contributed by atoms with Crippen molar-refractivity contribution in [1.29, 1.82) is 5.26 Å². The van der Waals surface area contributed by atoms with Crippen LogP contribution in [0.5, 0.6) is 0 Å². The van der Waals surface area contributed by atoms with Crippen molar-refractivity contribution in [2.24, 2.45) is 0 Å². The van der Waals surface area contributed by atoms with E-state index in [1.165, 1.54) is 48.3 Å². The van der Waals surface area contributed by atoms with Crippen molar-refractivity contribution in [3.8, 4) is 6.07 Å². The average molecular weight is 436 g/mol. The molecule has 0 atom stereocenters. The van der Waals surface area contributed by atoms with E-state index in [1.807, 2.05) is 12.1 Å². The molecule has 0 spiro atoms. The normalized spacial score (nSPS) is 20.0. The predicted molar refractivity (Wildman–Crippen MR) is 101 cm³/mol. The Labute approximate surface area is 170 Å². The first-order valence-electron chi connectivity index (χ1n) is 9.07. The quantitative estimate of drug-likeness (QED) is 0.392. The van der Waals surface area contributed by atoms with E-state index in [1.54, 1.807) is 32.0 Å². The van der Waals surface area contributed by atoms with E-state index in [0.717, 1.165) is 12.8 Å². The summed E-state index contributed by atoms with van der Waals surface area (Å²) < 4.78 is 6.45. The van der Waals surface area contributed by atoms with Gasteiger partial charge in [0.15, 0.2) is 0 Å². The van der Waals surface area contributed by atoms with Gasteiger partial charge in [-0.3, -0.25) is 0 Å². The Balaban J connectivity index is 1.65. The summed E-state index contributed by atoms with van der Waals surface area (Å²) >= 11 is 1.75. The van der Waals surface area contributed by atoms with Crippen molar-refractivity contribution in [2.45, 2.75) is 25.7 Å². The zero-order valence-corrected chi connectivity index (χ0v) is 16.9. The molecule has 0 unspecified atom stereocenters. The monoisotopic (exact) mass is 438 g/mol. The molecule has 0 saturated heterocycles. The molecule has 4 nitrogen and oxygen atoms in total. The summed E-state index contributed by atoms with van der Waals surface area (Å²) in [7, 11) is 0. The van der Waals surface area contributed by atoms with Gasteiger partial charge in [0.25, 0.3) is 0 Å². The first-order valence-corrected chi connectivity index (χ1v) is 10.1. The van der Waals surface area contributed by atoms with Gasteiger partial charge in [-0.05, 0) is 0 Å². The fourth-order valence-corrected chi connectivity index (χ4v) is 4.52. The van der Waals surface area contributed by atoms with Gasteiger partial charge in [-0.1, -0.05) is 0 Å². The fraction of sp³-hybridized carbons (Fsp3) is 0.273. The molecule has 0 radical (unpaired) electrons. The standard InChI is InChI=1S/C22H18N3O.Mo/c1-24-21(15-23)17-8-11-26-20(14-17)7-6-16-12-18-4-2-9-25-10-3-5-19(13-16)22(18)25;/h6-8,12-14H,2-5,9-10H2;/b7-6+,21-17+;. The van der Waals surface area contributed by atoms with Gasteiger partial charge in [-0.25, -0.2) is 0 Å². The van der Waals surface area contributed by atoms with Crippen molar-refractivity contribution in [2.75, 3.05) is 18.0 Å². The summed E-state index contributed by atoms with van der Waals surface area (Å²) in [6, 6.07) is 6.52. The molecule has 0 bridgehead atoms. The van der Waals surface area contributed by atoms with Crippen molar-refractivity contribution in [3.63, 3.8) is 0 Å². The third-order valence-corrected chi connectivity index (χ3v) is 5.57. The van der Waals surface area contributed by atoms with Crippen LogP contribution in [0.2, 0.25) is 0 Å². The van der Waals surface area contributed by atoms with Gasteiger partial charge >= 0.3 is 171 Å². The number of aryl methyl sites for hydroxylation is 2. The minimum absolute atomic E-state index is 0.0866. The Hall–Kier alpha value is -2.55. The second-order valence-electron chi connectivity index (χ2n) is 6.85. The number of hydrogen-bond acceptors (Lipinski definition) is 3. The molecule has 27 heavy (non-hydrogen) atoms. The van der Waals surface area contributed by atoms with Crippen molar-refractivity contribution < 1.29 is 24.6 Å². The zero-order chi connectivity index (χ0) is 18.8. The van der Waals surface area contributed by atoms with Crippen LogP contribution in [0.4, 0.5) is 5.69 Å². The van der Waals surface area contributed by atoms with E-state index in [9.17, 15) is 0 Å². The number of ether oxygens (including phenoxy) is 1. The van der Waals surface area contributed by atoms with Gasteiger partial charge in [0.2, 0.25) is 0 Å². The van der Waals surface area contributed by atoms with E-state index >= 15 is 0 Å². The first kappa shape index (κ1) is 17.8. The third-order valence-electron chi connectivity index (χ3n) is 5.08. The topological polar surface area (TPSA) is 40.6 Å². The first-order chi connectivity index (χ1) is 13.2. The van der Waals surface area contributed by atoms with Gasteiger partial charge in [0.05, 0.1) is 0 Å². The van der Waals surface area contributed by atoms with Gasteiger partial charge in [0, 0.05) is 0 Å². The number of allylic oxidation sites excluding steroid dienone is 5. The summed E-state index contributed by atoms with van der Waals surface area (Å²) in [5.41, 5.74) is 6.25. The molecule has 4 rings (SSSR count). The molecular formula is C22H18MoN3O. The van der Waals surface area contributed by atoms with Crippen molar-refractivity contribution >= 4 is 11.8 Å². The van der Waals surface area contributed by atoms with Crippen LogP contribution < -0.4 is 4.90 Å². The van der Waals surface area contributed by atoms with E-state index < -0.39 is 0 Å². The van der Waals surface area contributed by atoms with Gasteiger partial charge in [0.1, 0.15) is 0 Å². The molecule has 0 aliphatic carbocycles. The molecule has 3 heterocycles. The van der Waals surface area contributed by atoms with Crippen LogP contribution in [0, 0.1) is 17.9 Å². The Kier molecular flexibility index (Phi) is 5.02. The SMILES string of the molecule is [C-]#[N+]/C(C#N)=C1\C=[C]([Mo])OC(/C=C/c2cc3c4c(c2)CCCN4CCC3)=C1. The van der Waals surface area contributed by atoms with Crippen molar-refractivity contribution in [1.82, 2.24) is 0 Å². The number of nitrogens with zero attached hydrogens (tertiary/aromatic N) is 3. The van der Waals surface area contributed by atoms with Gasteiger partial charge < -0.3 is 0 Å². The summed E-state index contributed by atoms with van der Waals surface area (Å²) in [6.45, 7) is 9.50. The fourth-order valence-electron chi connectivity index (χ4n) is 3.97. The van der Waals surface area contributed by atoms with Crippen LogP contribution in [0.15, 0.2) is 51.5 Å². The number of benzene rings is 1. The Bertz CT molecular complexity index is 954. The molecule has 1 aromatic rings. The summed E-state index contributed by atoms with van der Waals surface area (Å²) in [5, 5.41) is 9.11. The van der Waals surface area contributed by atoms with Crippen LogP contribution in [-0.4, -0.2) is 13.1 Å². The number of anilines is 1. The molecule has 5 heteroatoms. The number of nitriles is 1. The van der Waals surface area contributed by atoms with Crippen LogP contribution in [0.1, 0.15) is 29.5 Å². The molecule has 0 amide bonds. The van der Waals surface area contributed by atoms with Crippen molar-refractivity contribution in [3.05, 3.63) is 79.6 Å². The van der Waals surface area contributed by atoms with Crippen LogP contribution in [0.25, 0.3) is 10.9 Å². The molecule has 3 aliphatic rings. The van der Waals surface area contributed by atoms with Crippen LogP contribution in [0.3, 0.4) is 0 Å². The predicted octanol–water partition coefficient (Wildman–Crippen LogP) is 4.40. The molecule has 0 fully saturated rings. The zero-order valence-electron chi connectivity index (χ0n) is 14.9. The summed E-state index contributed by atoms with van der Waals surface area (Å²) in [5.74, 6) is 0.650. The third kappa shape index (κ3) is 3.64. The number of rotatable bonds is 2. The molecule has 0 N–H and O–H groups in total. The van der Waals surface area contributed by atoms with Gasteiger partial charge in [-0.2, -0.15) is 0 Å². The second-order valence-corrected chi connectivity index (χ2v) is 7.84. The second kappa shape index (κ2) is 7.59. The van der Waals surface area contributed by atoms with Gasteiger partial charge in [-0.15, -0.1) is 0 Å². The van der Waals surface area contributed by atoms with E-state index in [0.29, 0.717) is 15.5 Å². The maximum atomic E-state index is 9.11. The Morgan fingerprint density at radius 1 is 1.19 bits per heavy atom. The minimum atomic E-state index is 0.0866. The van der Waals surface area contributed by atoms with E-state index in [-0.39, 0.29) is 5.70 Å². The summed E-state index contributed by atoms with van der Waals surface area (Å²) in [4.78, 5) is 5.84. The van der Waals surface area contributed by atoms with Crippen LogP contribution >= 0.6 is 0 Å². The molecule has 0 saturated carbocycles. The maximum absolute atomic E-state index is 9.11. The Morgan fingerprint density at radius 2 is 1.89 bits per heavy atom. The number of hydrogen-bond donors (Lipinski definition) is 0. The van der Waals surface area contributed by atoms with E-state index in [4.69, 9.17) is 16.6 Å².